The normalized spacial score (nSPS) is 21.6. The summed E-state index contributed by atoms with van der Waals surface area (Å²) in [7, 11) is 1.70. The molecule has 0 saturated heterocycles. The van der Waals surface area contributed by atoms with Crippen molar-refractivity contribution in [2.75, 3.05) is 19.0 Å². The van der Waals surface area contributed by atoms with Crippen LogP contribution in [0.1, 0.15) is 36.5 Å². The molecule has 19 heavy (non-hydrogen) atoms. The fraction of sp³-hybridized carbons (Fsp3) is 0.571. The van der Waals surface area contributed by atoms with Crippen molar-refractivity contribution in [3.05, 3.63) is 24.0 Å². The molecule has 0 spiro atoms. The number of carbonyl (C=O) groups excluding carboxylic acids is 1. The molecule has 1 amide bonds. The molecule has 0 radical (unpaired) electrons. The molecule has 1 aliphatic rings. The van der Waals surface area contributed by atoms with Gasteiger partial charge in [-0.2, -0.15) is 0 Å². The highest BCUT2D eigenvalue weighted by molar-refractivity contribution is 5.99. The van der Waals surface area contributed by atoms with Crippen molar-refractivity contribution in [3.8, 4) is 0 Å². The number of aromatic nitrogens is 1. The van der Waals surface area contributed by atoms with Crippen LogP contribution in [-0.2, 0) is 4.74 Å². The highest BCUT2D eigenvalue weighted by Gasteiger charge is 2.30. The lowest BCUT2D eigenvalue weighted by molar-refractivity contribution is 0.0176. The fourth-order valence-electron chi connectivity index (χ4n) is 2.13. The first-order valence-corrected chi connectivity index (χ1v) is 6.76. The van der Waals surface area contributed by atoms with Crippen molar-refractivity contribution in [1.82, 2.24) is 10.3 Å². The molecule has 0 unspecified atom stereocenters. The topological polar surface area (TPSA) is 63.2 Å². The number of rotatable bonds is 6. The van der Waals surface area contributed by atoms with E-state index in [1.807, 2.05) is 6.07 Å². The molecule has 104 valence electrons. The third-order valence-corrected chi connectivity index (χ3v) is 3.39. The van der Waals surface area contributed by atoms with Crippen LogP contribution >= 0.6 is 0 Å². The molecular weight excluding hydrogens is 242 g/mol. The van der Waals surface area contributed by atoms with E-state index < -0.39 is 0 Å². The quantitative estimate of drug-likeness (QED) is 0.821. The van der Waals surface area contributed by atoms with Crippen molar-refractivity contribution < 1.29 is 9.53 Å². The summed E-state index contributed by atoms with van der Waals surface area (Å²) >= 11 is 0. The number of carbonyl (C=O) groups is 1. The largest absolute Gasteiger partial charge is 0.384 e. The van der Waals surface area contributed by atoms with E-state index in [1.165, 1.54) is 0 Å². The predicted octanol–water partition coefficient (Wildman–Crippen LogP) is 1.81. The van der Waals surface area contributed by atoms with Gasteiger partial charge in [-0.25, -0.2) is 0 Å². The SMILES string of the molecule is CCCNc1ccncc1C(=O)NC1CC(OC)C1. The molecule has 1 heterocycles. The molecule has 2 N–H and O–H groups in total. The van der Waals surface area contributed by atoms with Gasteiger partial charge in [-0.1, -0.05) is 6.92 Å². The molecule has 0 bridgehead atoms. The zero-order valence-electron chi connectivity index (χ0n) is 11.5. The maximum absolute atomic E-state index is 12.2. The second-order valence-electron chi connectivity index (χ2n) is 4.85. The summed E-state index contributed by atoms with van der Waals surface area (Å²) in [6.45, 7) is 2.94. The Morgan fingerprint density at radius 2 is 2.32 bits per heavy atom. The van der Waals surface area contributed by atoms with Gasteiger partial charge in [-0.3, -0.25) is 9.78 Å². The first-order chi connectivity index (χ1) is 9.24. The summed E-state index contributed by atoms with van der Waals surface area (Å²) < 4.78 is 5.20. The van der Waals surface area contributed by atoms with Gasteiger partial charge in [0.15, 0.2) is 0 Å². The van der Waals surface area contributed by atoms with E-state index in [-0.39, 0.29) is 18.1 Å². The van der Waals surface area contributed by atoms with Crippen molar-refractivity contribution in [3.63, 3.8) is 0 Å². The van der Waals surface area contributed by atoms with E-state index in [0.29, 0.717) is 5.56 Å². The summed E-state index contributed by atoms with van der Waals surface area (Å²) in [4.78, 5) is 16.2. The van der Waals surface area contributed by atoms with E-state index in [9.17, 15) is 4.79 Å². The monoisotopic (exact) mass is 263 g/mol. The lowest BCUT2D eigenvalue weighted by Gasteiger charge is -2.34. The number of hydrogen-bond donors (Lipinski definition) is 2. The number of nitrogens with one attached hydrogen (secondary N) is 2. The number of hydrogen-bond acceptors (Lipinski definition) is 4. The molecule has 5 nitrogen and oxygen atoms in total. The number of ether oxygens (including phenoxy) is 1. The molecule has 0 aliphatic heterocycles. The summed E-state index contributed by atoms with van der Waals surface area (Å²) in [6.07, 6.45) is 6.39. The average Bonchev–Trinajstić information content (AvgIpc) is 2.40. The Bertz CT molecular complexity index is 430. The van der Waals surface area contributed by atoms with Gasteiger partial charge in [0.2, 0.25) is 0 Å². The van der Waals surface area contributed by atoms with Gasteiger partial charge >= 0.3 is 0 Å². The summed E-state index contributed by atoms with van der Waals surface area (Å²) in [5, 5.41) is 6.26. The molecule has 2 rings (SSSR count). The molecule has 1 fully saturated rings. The summed E-state index contributed by atoms with van der Waals surface area (Å²) in [5.41, 5.74) is 1.45. The highest BCUT2D eigenvalue weighted by Crippen LogP contribution is 2.23. The lowest BCUT2D eigenvalue weighted by Crippen LogP contribution is -2.47. The maximum Gasteiger partial charge on any atom is 0.255 e. The van der Waals surface area contributed by atoms with Crippen LogP contribution in [0.5, 0.6) is 0 Å². The number of nitrogens with zero attached hydrogens (tertiary/aromatic N) is 1. The smallest absolute Gasteiger partial charge is 0.255 e. The Hall–Kier alpha value is -1.62. The van der Waals surface area contributed by atoms with Gasteiger partial charge in [-0.15, -0.1) is 0 Å². The van der Waals surface area contributed by atoms with Crippen molar-refractivity contribution in [1.29, 1.82) is 0 Å². The number of methoxy groups -OCH3 is 1. The van der Waals surface area contributed by atoms with Crippen LogP contribution in [0.3, 0.4) is 0 Å². The molecule has 5 heteroatoms. The van der Waals surface area contributed by atoms with E-state index in [4.69, 9.17) is 4.74 Å². The van der Waals surface area contributed by atoms with Crippen LogP contribution in [0.25, 0.3) is 0 Å². The van der Waals surface area contributed by atoms with Gasteiger partial charge in [0.25, 0.3) is 5.91 Å². The van der Waals surface area contributed by atoms with E-state index >= 15 is 0 Å². The Morgan fingerprint density at radius 3 is 3.00 bits per heavy atom. The molecule has 1 aliphatic carbocycles. The molecule has 0 atom stereocenters. The zero-order valence-corrected chi connectivity index (χ0v) is 11.5. The van der Waals surface area contributed by atoms with Gasteiger partial charge in [0.1, 0.15) is 0 Å². The number of pyridine rings is 1. The van der Waals surface area contributed by atoms with Crippen LogP contribution in [0.15, 0.2) is 18.5 Å². The van der Waals surface area contributed by atoms with E-state index in [2.05, 4.69) is 22.5 Å². The number of anilines is 1. The van der Waals surface area contributed by atoms with E-state index in [0.717, 1.165) is 31.5 Å². The molecule has 1 aromatic heterocycles. The lowest BCUT2D eigenvalue weighted by atomic mass is 9.89. The molecule has 1 saturated carbocycles. The minimum Gasteiger partial charge on any atom is -0.384 e. The van der Waals surface area contributed by atoms with Crippen LogP contribution < -0.4 is 10.6 Å². The molecule has 0 aromatic carbocycles. The van der Waals surface area contributed by atoms with Gasteiger partial charge < -0.3 is 15.4 Å². The predicted molar refractivity (Wildman–Crippen MR) is 74.3 cm³/mol. The van der Waals surface area contributed by atoms with Gasteiger partial charge in [0.05, 0.1) is 17.4 Å². The van der Waals surface area contributed by atoms with Crippen LogP contribution in [0.2, 0.25) is 0 Å². The summed E-state index contributed by atoms with van der Waals surface area (Å²) in [6, 6.07) is 2.06. The Balaban J connectivity index is 1.95. The van der Waals surface area contributed by atoms with Crippen molar-refractivity contribution >= 4 is 11.6 Å². The minimum absolute atomic E-state index is 0.0637. The Kier molecular flexibility index (Phi) is 4.74. The van der Waals surface area contributed by atoms with Gasteiger partial charge in [-0.05, 0) is 25.3 Å². The highest BCUT2D eigenvalue weighted by atomic mass is 16.5. The maximum atomic E-state index is 12.2. The second-order valence-corrected chi connectivity index (χ2v) is 4.85. The van der Waals surface area contributed by atoms with Crippen molar-refractivity contribution in [2.45, 2.75) is 38.3 Å². The Morgan fingerprint density at radius 1 is 1.53 bits per heavy atom. The Labute approximate surface area is 113 Å². The third kappa shape index (κ3) is 3.44. The standard InChI is InChI=1S/C14H21N3O2/c1-3-5-16-13-4-6-15-9-12(13)14(18)17-10-7-11(8-10)19-2/h4,6,9-11H,3,5,7-8H2,1-2H3,(H,15,16)(H,17,18). The number of amides is 1. The minimum atomic E-state index is -0.0637. The summed E-state index contributed by atoms with van der Waals surface area (Å²) in [5.74, 6) is -0.0637. The second kappa shape index (κ2) is 6.52. The van der Waals surface area contributed by atoms with Crippen molar-refractivity contribution in [2.24, 2.45) is 0 Å². The van der Waals surface area contributed by atoms with Crippen LogP contribution in [0.4, 0.5) is 5.69 Å². The molecular formula is C14H21N3O2. The van der Waals surface area contributed by atoms with Crippen LogP contribution in [-0.4, -0.2) is 36.7 Å². The first kappa shape index (κ1) is 13.8. The third-order valence-electron chi connectivity index (χ3n) is 3.39. The molecule has 1 aromatic rings. The fourth-order valence-corrected chi connectivity index (χ4v) is 2.13. The zero-order chi connectivity index (χ0) is 13.7. The van der Waals surface area contributed by atoms with E-state index in [1.54, 1.807) is 19.5 Å². The average molecular weight is 263 g/mol. The van der Waals surface area contributed by atoms with Gasteiger partial charge in [0, 0.05) is 32.1 Å². The van der Waals surface area contributed by atoms with Crippen LogP contribution in [0, 0.1) is 0 Å². The first-order valence-electron chi connectivity index (χ1n) is 6.76.